The molecule has 0 saturated carbocycles. The third-order valence-electron chi connectivity index (χ3n) is 6.82. The van der Waals surface area contributed by atoms with E-state index in [1.54, 1.807) is 6.07 Å². The van der Waals surface area contributed by atoms with Crippen LogP contribution in [-0.2, 0) is 6.54 Å². The number of likely N-dealkylation sites (tertiary alicyclic amines) is 1. The molecule has 1 aromatic heterocycles. The molecule has 4 saturated heterocycles. The summed E-state index contributed by atoms with van der Waals surface area (Å²) in [6.45, 7) is 7.24. The normalized spacial score (nSPS) is 31.7. The Kier molecular flexibility index (Phi) is 4.69. The van der Waals surface area contributed by atoms with Gasteiger partial charge in [0.2, 0.25) is 5.95 Å². The van der Waals surface area contributed by atoms with Crippen LogP contribution in [0.1, 0.15) is 36.8 Å². The lowest BCUT2D eigenvalue weighted by Gasteiger charge is -2.51. The van der Waals surface area contributed by atoms with Crippen molar-refractivity contribution >= 4 is 5.95 Å². The lowest BCUT2D eigenvalue weighted by Crippen LogP contribution is -2.59. The van der Waals surface area contributed by atoms with Gasteiger partial charge in [-0.3, -0.25) is 9.80 Å². The number of phenols is 1. The number of hydrogen-bond donors (Lipinski definition) is 2. The highest BCUT2D eigenvalue weighted by Crippen LogP contribution is 2.47. The molecule has 0 spiro atoms. The Morgan fingerprint density at radius 1 is 1.14 bits per heavy atom. The summed E-state index contributed by atoms with van der Waals surface area (Å²) in [6, 6.07) is 9.03. The maximum atomic E-state index is 10.0. The predicted octanol–water partition coefficient (Wildman–Crippen LogP) is 2.68. The van der Waals surface area contributed by atoms with Crippen molar-refractivity contribution in [3.63, 3.8) is 0 Å². The van der Waals surface area contributed by atoms with Crippen molar-refractivity contribution in [1.29, 1.82) is 0 Å². The van der Waals surface area contributed by atoms with Gasteiger partial charge in [0.05, 0.1) is 0 Å². The first-order valence-electron chi connectivity index (χ1n) is 10.5. The Morgan fingerprint density at radius 2 is 1.93 bits per heavy atom. The van der Waals surface area contributed by atoms with Crippen LogP contribution in [0.2, 0.25) is 0 Å². The zero-order chi connectivity index (χ0) is 19.1. The van der Waals surface area contributed by atoms with Crippen LogP contribution in [0.25, 0.3) is 0 Å². The molecule has 6 heteroatoms. The van der Waals surface area contributed by atoms with E-state index in [0.717, 1.165) is 25.6 Å². The fourth-order valence-electron chi connectivity index (χ4n) is 5.69. The summed E-state index contributed by atoms with van der Waals surface area (Å²) in [5.74, 6) is 2.29. The smallest absolute Gasteiger partial charge is 0.222 e. The van der Waals surface area contributed by atoms with Crippen LogP contribution >= 0.6 is 0 Å². The minimum atomic E-state index is 0.371. The molecule has 28 heavy (non-hydrogen) atoms. The molecule has 2 N–H and O–H groups in total. The number of phenolic OH excluding ortho intramolecular Hbond substituents is 1. The molecule has 5 heterocycles. The van der Waals surface area contributed by atoms with Gasteiger partial charge < -0.3 is 10.4 Å². The van der Waals surface area contributed by atoms with E-state index in [0.29, 0.717) is 29.7 Å². The SMILES string of the molecule is CCNc1ncc(CN2C[C@@H](c3cccc(O)c3)[C@@H]3[C@H]2C2CCN3CC2)cn1. The van der Waals surface area contributed by atoms with Crippen LogP contribution < -0.4 is 5.32 Å². The highest BCUT2D eigenvalue weighted by atomic mass is 16.3. The molecule has 4 fully saturated rings. The second-order valence-corrected chi connectivity index (χ2v) is 8.43. The van der Waals surface area contributed by atoms with E-state index in [4.69, 9.17) is 0 Å². The molecule has 148 valence electrons. The number of aromatic nitrogens is 2. The van der Waals surface area contributed by atoms with E-state index in [1.807, 2.05) is 24.5 Å². The fourth-order valence-corrected chi connectivity index (χ4v) is 5.69. The van der Waals surface area contributed by atoms with Crippen LogP contribution in [-0.4, -0.2) is 63.1 Å². The number of anilines is 1. The molecule has 2 bridgehead atoms. The molecule has 1 aromatic carbocycles. The number of benzene rings is 1. The van der Waals surface area contributed by atoms with Crippen molar-refractivity contribution in [2.24, 2.45) is 5.92 Å². The van der Waals surface area contributed by atoms with Crippen LogP contribution in [0.15, 0.2) is 36.7 Å². The largest absolute Gasteiger partial charge is 0.508 e. The summed E-state index contributed by atoms with van der Waals surface area (Å²) in [5.41, 5.74) is 2.44. The van der Waals surface area contributed by atoms with Crippen LogP contribution in [0, 0.1) is 5.92 Å². The van der Waals surface area contributed by atoms with Gasteiger partial charge in [0, 0.05) is 55.6 Å². The third-order valence-corrected chi connectivity index (χ3v) is 6.82. The van der Waals surface area contributed by atoms with E-state index < -0.39 is 0 Å². The van der Waals surface area contributed by atoms with Gasteiger partial charge in [-0.1, -0.05) is 12.1 Å². The first-order valence-corrected chi connectivity index (χ1v) is 10.5. The molecule has 6 nitrogen and oxygen atoms in total. The maximum absolute atomic E-state index is 10.0. The quantitative estimate of drug-likeness (QED) is 0.833. The van der Waals surface area contributed by atoms with Crippen molar-refractivity contribution in [2.75, 3.05) is 31.5 Å². The van der Waals surface area contributed by atoms with Crippen molar-refractivity contribution in [1.82, 2.24) is 19.8 Å². The minimum Gasteiger partial charge on any atom is -0.508 e. The van der Waals surface area contributed by atoms with Gasteiger partial charge >= 0.3 is 0 Å². The number of nitrogens with one attached hydrogen (secondary N) is 1. The summed E-state index contributed by atoms with van der Waals surface area (Å²) in [5, 5.41) is 13.2. The number of fused-ring (bicyclic) bond motifs is 2. The average Bonchev–Trinajstić information content (AvgIpc) is 3.12. The Balaban J connectivity index is 1.41. The summed E-state index contributed by atoms with van der Waals surface area (Å²) in [6.07, 6.45) is 6.53. The highest BCUT2D eigenvalue weighted by molar-refractivity contribution is 5.33. The maximum Gasteiger partial charge on any atom is 0.222 e. The number of hydrogen-bond acceptors (Lipinski definition) is 6. The zero-order valence-corrected chi connectivity index (χ0v) is 16.5. The van der Waals surface area contributed by atoms with Gasteiger partial charge in [0.15, 0.2) is 0 Å². The standard InChI is InChI=1S/C22H29N5O/c1-2-23-22-24-11-15(12-25-22)13-27-14-19(17-4-3-5-18(28)10-17)21-20(27)16-6-8-26(21)9-7-16/h3-5,10-12,16,19-21,28H,2,6-9,13-14H2,1H3,(H,23,24,25)/t19-,20+,21+/m0/s1. The third kappa shape index (κ3) is 3.14. The second-order valence-electron chi connectivity index (χ2n) is 8.43. The molecule has 4 aliphatic rings. The predicted molar refractivity (Wildman–Crippen MR) is 109 cm³/mol. The average molecular weight is 380 g/mol. The molecular formula is C22H29N5O. The minimum absolute atomic E-state index is 0.371. The Labute approximate surface area is 166 Å². The fraction of sp³-hybridized carbons (Fsp3) is 0.545. The van der Waals surface area contributed by atoms with Gasteiger partial charge in [0.25, 0.3) is 0 Å². The molecule has 0 aliphatic carbocycles. The summed E-state index contributed by atoms with van der Waals surface area (Å²) in [4.78, 5) is 14.3. The monoisotopic (exact) mass is 379 g/mol. The van der Waals surface area contributed by atoms with Gasteiger partial charge in [-0.05, 0) is 56.5 Å². The van der Waals surface area contributed by atoms with Gasteiger partial charge in [0.1, 0.15) is 5.75 Å². The van der Waals surface area contributed by atoms with Crippen molar-refractivity contribution < 1.29 is 5.11 Å². The topological polar surface area (TPSA) is 64.5 Å². The van der Waals surface area contributed by atoms with Gasteiger partial charge in [-0.15, -0.1) is 0 Å². The molecule has 0 unspecified atom stereocenters. The molecule has 0 amide bonds. The molecule has 3 atom stereocenters. The highest BCUT2D eigenvalue weighted by Gasteiger charge is 2.53. The number of piperidine rings is 3. The Bertz CT molecular complexity index is 818. The molecular weight excluding hydrogens is 350 g/mol. The lowest BCUT2D eigenvalue weighted by molar-refractivity contribution is -0.00874. The Morgan fingerprint density at radius 3 is 2.64 bits per heavy atom. The van der Waals surface area contributed by atoms with E-state index in [-0.39, 0.29) is 0 Å². The van der Waals surface area contributed by atoms with Crippen molar-refractivity contribution in [2.45, 2.75) is 44.3 Å². The van der Waals surface area contributed by atoms with Crippen LogP contribution in [0.5, 0.6) is 5.75 Å². The molecule has 4 aliphatic heterocycles. The van der Waals surface area contributed by atoms with Crippen molar-refractivity contribution in [3.8, 4) is 5.75 Å². The summed E-state index contributed by atoms with van der Waals surface area (Å²) >= 11 is 0. The molecule has 2 aromatic rings. The van der Waals surface area contributed by atoms with Crippen LogP contribution in [0.4, 0.5) is 5.95 Å². The first-order chi connectivity index (χ1) is 13.7. The first kappa shape index (κ1) is 17.9. The number of nitrogens with zero attached hydrogens (tertiary/aromatic N) is 4. The van der Waals surface area contributed by atoms with Gasteiger partial charge in [-0.25, -0.2) is 9.97 Å². The van der Waals surface area contributed by atoms with E-state index in [2.05, 4.69) is 38.1 Å². The summed E-state index contributed by atoms with van der Waals surface area (Å²) in [7, 11) is 0. The zero-order valence-electron chi connectivity index (χ0n) is 16.5. The lowest BCUT2D eigenvalue weighted by atomic mass is 9.75. The van der Waals surface area contributed by atoms with E-state index >= 15 is 0 Å². The van der Waals surface area contributed by atoms with Crippen molar-refractivity contribution in [3.05, 3.63) is 47.8 Å². The number of aromatic hydroxyl groups is 1. The molecule has 6 rings (SSSR count). The van der Waals surface area contributed by atoms with E-state index in [9.17, 15) is 5.11 Å². The molecule has 0 radical (unpaired) electrons. The van der Waals surface area contributed by atoms with E-state index in [1.165, 1.54) is 37.1 Å². The number of rotatable bonds is 5. The van der Waals surface area contributed by atoms with Gasteiger partial charge in [-0.2, -0.15) is 0 Å². The Hall–Kier alpha value is -2.18. The second kappa shape index (κ2) is 7.33. The van der Waals surface area contributed by atoms with Crippen LogP contribution in [0.3, 0.4) is 0 Å². The summed E-state index contributed by atoms with van der Waals surface area (Å²) < 4.78 is 0.